The molecular formula is C18H14ClN3O. The second-order valence-corrected chi connectivity index (χ2v) is 5.37. The summed E-state index contributed by atoms with van der Waals surface area (Å²) in [7, 11) is 0. The fraction of sp³-hybridized carbons (Fsp3) is 0. The molecule has 2 aromatic carbocycles. The number of halogens is 1. The zero-order chi connectivity index (χ0) is 16.2. The van der Waals surface area contributed by atoms with Gasteiger partial charge in [-0.3, -0.25) is 10.4 Å². The Hall–Kier alpha value is -2.85. The van der Waals surface area contributed by atoms with Crippen molar-refractivity contribution < 1.29 is 5.11 Å². The van der Waals surface area contributed by atoms with Crippen LogP contribution in [-0.2, 0) is 0 Å². The SMILES string of the molecule is C=C(N/N=C/c1c(O)ccc2ccccc12)c1ccc(Cl)cn1. The van der Waals surface area contributed by atoms with Gasteiger partial charge in [0.15, 0.2) is 0 Å². The number of hydrazone groups is 1. The van der Waals surface area contributed by atoms with Crippen molar-refractivity contribution in [2.45, 2.75) is 0 Å². The van der Waals surface area contributed by atoms with Crippen molar-refractivity contribution in [2.24, 2.45) is 5.10 Å². The highest BCUT2D eigenvalue weighted by Gasteiger charge is 2.04. The maximum absolute atomic E-state index is 10.1. The van der Waals surface area contributed by atoms with Gasteiger partial charge < -0.3 is 5.11 Å². The summed E-state index contributed by atoms with van der Waals surface area (Å²) in [5.74, 6) is 0.171. The summed E-state index contributed by atoms with van der Waals surface area (Å²) < 4.78 is 0. The second-order valence-electron chi connectivity index (χ2n) is 4.93. The largest absolute Gasteiger partial charge is 0.507 e. The number of hydrogen-bond donors (Lipinski definition) is 2. The Bertz CT molecular complexity index is 888. The number of nitrogens with one attached hydrogen (secondary N) is 1. The Kier molecular flexibility index (Phi) is 4.26. The number of nitrogens with zero attached hydrogens (tertiary/aromatic N) is 2. The van der Waals surface area contributed by atoms with Gasteiger partial charge in [-0.25, -0.2) is 0 Å². The molecule has 0 fully saturated rings. The molecule has 0 spiro atoms. The minimum absolute atomic E-state index is 0.171. The zero-order valence-corrected chi connectivity index (χ0v) is 13.0. The van der Waals surface area contributed by atoms with E-state index in [1.165, 1.54) is 0 Å². The van der Waals surface area contributed by atoms with Crippen molar-refractivity contribution in [1.29, 1.82) is 0 Å². The van der Waals surface area contributed by atoms with Crippen LogP contribution >= 0.6 is 11.6 Å². The van der Waals surface area contributed by atoms with Gasteiger partial charge >= 0.3 is 0 Å². The quantitative estimate of drug-likeness (QED) is 0.559. The molecule has 114 valence electrons. The van der Waals surface area contributed by atoms with Crippen molar-refractivity contribution in [3.05, 3.63) is 77.6 Å². The van der Waals surface area contributed by atoms with E-state index in [0.29, 0.717) is 22.0 Å². The van der Waals surface area contributed by atoms with E-state index in [-0.39, 0.29) is 5.75 Å². The van der Waals surface area contributed by atoms with E-state index in [9.17, 15) is 5.11 Å². The molecule has 0 bridgehead atoms. The Morgan fingerprint density at radius 3 is 2.78 bits per heavy atom. The number of aromatic hydroxyl groups is 1. The first-order valence-corrected chi connectivity index (χ1v) is 7.33. The van der Waals surface area contributed by atoms with Crippen LogP contribution in [0, 0.1) is 0 Å². The number of rotatable bonds is 4. The molecule has 0 amide bonds. The maximum atomic E-state index is 10.1. The number of aromatic nitrogens is 1. The van der Waals surface area contributed by atoms with Crippen molar-refractivity contribution in [1.82, 2.24) is 10.4 Å². The van der Waals surface area contributed by atoms with Gasteiger partial charge in [0.2, 0.25) is 0 Å². The molecule has 3 rings (SSSR count). The molecule has 0 radical (unpaired) electrons. The molecule has 0 saturated carbocycles. The Morgan fingerprint density at radius 2 is 2.00 bits per heavy atom. The Labute approximate surface area is 138 Å². The van der Waals surface area contributed by atoms with Crippen LogP contribution in [0.25, 0.3) is 16.5 Å². The highest BCUT2D eigenvalue weighted by molar-refractivity contribution is 6.30. The molecule has 3 aromatic rings. The van der Waals surface area contributed by atoms with Crippen LogP contribution in [0.1, 0.15) is 11.3 Å². The number of pyridine rings is 1. The van der Waals surface area contributed by atoms with E-state index in [4.69, 9.17) is 11.6 Å². The van der Waals surface area contributed by atoms with Gasteiger partial charge in [-0.15, -0.1) is 0 Å². The van der Waals surface area contributed by atoms with E-state index < -0.39 is 0 Å². The van der Waals surface area contributed by atoms with Gasteiger partial charge in [0.1, 0.15) is 5.75 Å². The van der Waals surface area contributed by atoms with E-state index in [1.807, 2.05) is 30.3 Å². The van der Waals surface area contributed by atoms with Crippen molar-refractivity contribution >= 4 is 34.3 Å². The summed E-state index contributed by atoms with van der Waals surface area (Å²) in [5.41, 5.74) is 4.65. The van der Waals surface area contributed by atoms with Crippen molar-refractivity contribution in [3.63, 3.8) is 0 Å². The number of phenols is 1. The average Bonchev–Trinajstić information content (AvgIpc) is 2.57. The minimum Gasteiger partial charge on any atom is -0.507 e. The monoisotopic (exact) mass is 323 g/mol. The summed E-state index contributed by atoms with van der Waals surface area (Å²) in [6.07, 6.45) is 3.11. The predicted octanol–water partition coefficient (Wildman–Crippen LogP) is 4.19. The van der Waals surface area contributed by atoms with Gasteiger partial charge in [0.25, 0.3) is 0 Å². The van der Waals surface area contributed by atoms with Crippen LogP contribution in [-0.4, -0.2) is 16.3 Å². The maximum Gasteiger partial charge on any atom is 0.125 e. The number of benzene rings is 2. The van der Waals surface area contributed by atoms with Crippen LogP contribution in [0.3, 0.4) is 0 Å². The highest BCUT2D eigenvalue weighted by Crippen LogP contribution is 2.25. The summed E-state index contributed by atoms with van der Waals surface area (Å²) in [6, 6.07) is 14.8. The predicted molar refractivity (Wildman–Crippen MR) is 94.6 cm³/mol. The number of phenolic OH excluding ortho intramolecular Hbond substituents is 1. The first-order valence-electron chi connectivity index (χ1n) is 6.96. The van der Waals surface area contributed by atoms with E-state index >= 15 is 0 Å². The van der Waals surface area contributed by atoms with Gasteiger partial charge in [0.05, 0.1) is 22.6 Å². The first-order chi connectivity index (χ1) is 11.1. The van der Waals surface area contributed by atoms with Crippen LogP contribution in [0.15, 0.2) is 66.4 Å². The minimum atomic E-state index is 0.171. The molecule has 2 N–H and O–H groups in total. The van der Waals surface area contributed by atoms with Crippen LogP contribution < -0.4 is 5.43 Å². The first kappa shape index (κ1) is 15.1. The van der Waals surface area contributed by atoms with Gasteiger partial charge in [-0.05, 0) is 29.0 Å². The molecule has 1 aromatic heterocycles. The molecule has 0 aliphatic carbocycles. The highest BCUT2D eigenvalue weighted by atomic mass is 35.5. The molecule has 0 atom stereocenters. The number of hydrogen-bond acceptors (Lipinski definition) is 4. The summed E-state index contributed by atoms with van der Waals surface area (Å²) >= 11 is 5.80. The topological polar surface area (TPSA) is 57.5 Å². The Morgan fingerprint density at radius 1 is 1.17 bits per heavy atom. The third-order valence-corrected chi connectivity index (χ3v) is 3.60. The van der Waals surface area contributed by atoms with E-state index in [1.54, 1.807) is 30.6 Å². The lowest BCUT2D eigenvalue weighted by molar-refractivity contribution is 0.475. The third-order valence-electron chi connectivity index (χ3n) is 3.38. The average molecular weight is 324 g/mol. The van der Waals surface area contributed by atoms with Gasteiger partial charge in [0, 0.05) is 11.8 Å². The lowest BCUT2D eigenvalue weighted by Crippen LogP contribution is -2.05. The fourth-order valence-corrected chi connectivity index (χ4v) is 2.32. The smallest absolute Gasteiger partial charge is 0.125 e. The summed E-state index contributed by atoms with van der Waals surface area (Å²) in [6.45, 7) is 3.88. The van der Waals surface area contributed by atoms with Crippen LogP contribution in [0.2, 0.25) is 5.02 Å². The fourth-order valence-electron chi connectivity index (χ4n) is 2.21. The van der Waals surface area contributed by atoms with E-state index in [0.717, 1.165) is 10.8 Å². The summed E-state index contributed by atoms with van der Waals surface area (Å²) in [4.78, 5) is 4.15. The Balaban J connectivity index is 1.82. The molecule has 0 unspecified atom stereocenters. The molecular weight excluding hydrogens is 310 g/mol. The lowest BCUT2D eigenvalue weighted by atomic mass is 10.0. The van der Waals surface area contributed by atoms with Crippen LogP contribution in [0.5, 0.6) is 5.75 Å². The number of fused-ring (bicyclic) bond motifs is 1. The molecule has 5 heteroatoms. The van der Waals surface area contributed by atoms with Gasteiger partial charge in [-0.1, -0.05) is 48.5 Å². The van der Waals surface area contributed by atoms with Crippen molar-refractivity contribution in [3.8, 4) is 5.75 Å². The lowest BCUT2D eigenvalue weighted by Gasteiger charge is -2.06. The van der Waals surface area contributed by atoms with Gasteiger partial charge in [-0.2, -0.15) is 5.10 Å². The van der Waals surface area contributed by atoms with Crippen LogP contribution in [0.4, 0.5) is 0 Å². The molecule has 0 aliphatic heterocycles. The normalized spacial score (nSPS) is 11.0. The molecule has 23 heavy (non-hydrogen) atoms. The standard InChI is InChI=1S/C18H14ClN3O/c1-12(17-8-7-14(19)10-20-17)22-21-11-16-15-5-3-2-4-13(15)6-9-18(16)23/h2-11,22-23H,1H2/b21-11+. The van der Waals surface area contributed by atoms with Crippen molar-refractivity contribution in [2.75, 3.05) is 0 Å². The zero-order valence-electron chi connectivity index (χ0n) is 12.2. The summed E-state index contributed by atoms with van der Waals surface area (Å²) in [5, 5.41) is 16.7. The van der Waals surface area contributed by atoms with E-state index in [2.05, 4.69) is 22.1 Å². The molecule has 4 nitrogen and oxygen atoms in total. The molecule has 1 heterocycles. The molecule has 0 saturated heterocycles. The molecule has 0 aliphatic rings. The third kappa shape index (κ3) is 3.33. The second kappa shape index (κ2) is 6.50.